The van der Waals surface area contributed by atoms with E-state index >= 15 is 0 Å². The smallest absolute Gasteiger partial charge is 0.318 e. The van der Waals surface area contributed by atoms with Gasteiger partial charge in [0, 0.05) is 0 Å². The van der Waals surface area contributed by atoms with E-state index < -0.39 is 0 Å². The van der Waals surface area contributed by atoms with Crippen molar-refractivity contribution in [2.24, 2.45) is 0 Å². The first-order valence-corrected chi connectivity index (χ1v) is 4.15. The Morgan fingerprint density at radius 1 is 1.55 bits per heavy atom. The molecule has 0 saturated heterocycles. The first-order valence-electron chi connectivity index (χ1n) is 2.86. The van der Waals surface area contributed by atoms with Crippen molar-refractivity contribution in [1.29, 1.82) is 0 Å². The first kappa shape index (κ1) is 17.5. The molecule has 0 radical (unpaired) electrons. The third kappa shape index (κ3) is 6.78. The van der Waals surface area contributed by atoms with E-state index in [1.807, 2.05) is 13.2 Å². The van der Waals surface area contributed by atoms with Gasteiger partial charge < -0.3 is 4.74 Å². The van der Waals surface area contributed by atoms with Crippen molar-refractivity contribution in [1.82, 2.24) is 0 Å². The number of halogens is 2. The summed E-state index contributed by atoms with van der Waals surface area (Å²) < 4.78 is 4.53. The Hall–Kier alpha value is 0.400. The number of carbonyl (C=O) groups is 1. The van der Waals surface area contributed by atoms with Crippen LogP contribution in [0.3, 0.4) is 0 Å². The van der Waals surface area contributed by atoms with E-state index in [2.05, 4.69) is 4.74 Å². The lowest BCUT2D eigenvalue weighted by Crippen LogP contribution is -2.16. The fourth-order valence-corrected chi connectivity index (χ4v) is 1.18. The summed E-state index contributed by atoms with van der Waals surface area (Å²) in [6.45, 7) is 1.97. The molecule has 0 spiro atoms. The zero-order valence-electron chi connectivity index (χ0n) is 6.83. The van der Waals surface area contributed by atoms with Gasteiger partial charge in [-0.05, 0) is 12.7 Å². The average molecular weight is 221 g/mol. The monoisotopic (exact) mass is 220 g/mol. The van der Waals surface area contributed by atoms with Gasteiger partial charge in [-0.3, -0.25) is 4.79 Å². The van der Waals surface area contributed by atoms with Crippen molar-refractivity contribution in [3.05, 3.63) is 0 Å². The van der Waals surface area contributed by atoms with E-state index in [1.165, 1.54) is 18.9 Å². The highest BCUT2D eigenvalue weighted by Crippen LogP contribution is 2.10. The van der Waals surface area contributed by atoms with Crippen LogP contribution in [0.15, 0.2) is 0 Å². The second kappa shape index (κ2) is 10.4. The second-order valence-electron chi connectivity index (χ2n) is 1.66. The molecule has 0 fully saturated rings. The lowest BCUT2D eigenvalue weighted by atomic mass is 10.3. The van der Waals surface area contributed by atoms with Crippen LogP contribution in [0.1, 0.15) is 13.3 Å². The zero-order chi connectivity index (χ0) is 7.28. The highest BCUT2D eigenvalue weighted by atomic mass is 35.5. The predicted molar refractivity (Wildman–Crippen MR) is 54.1 cm³/mol. The van der Waals surface area contributed by atoms with Crippen LogP contribution in [0.25, 0.3) is 0 Å². The van der Waals surface area contributed by atoms with Crippen LogP contribution >= 0.6 is 36.6 Å². The number of hydrogen-bond acceptors (Lipinski definition) is 3. The average Bonchev–Trinajstić information content (AvgIpc) is 1.90. The van der Waals surface area contributed by atoms with Gasteiger partial charge in [0.2, 0.25) is 0 Å². The Kier molecular flexibility index (Phi) is 16.5. The number of methoxy groups -OCH3 is 1. The van der Waals surface area contributed by atoms with Gasteiger partial charge in [0.25, 0.3) is 0 Å². The molecule has 0 aromatic rings. The fourth-order valence-electron chi connectivity index (χ4n) is 0.561. The van der Waals surface area contributed by atoms with Crippen molar-refractivity contribution in [2.45, 2.75) is 18.6 Å². The number of thioether (sulfide) groups is 1. The number of esters is 1. The summed E-state index contributed by atoms with van der Waals surface area (Å²) >= 11 is 1.53. The molecule has 0 aromatic heterocycles. The van der Waals surface area contributed by atoms with Gasteiger partial charge in [-0.25, -0.2) is 0 Å². The molecule has 0 heterocycles. The number of hydrogen-bond donors (Lipinski definition) is 0. The molecule has 2 nitrogen and oxygen atoms in total. The third-order valence-electron chi connectivity index (χ3n) is 1.12. The number of rotatable bonds is 3. The van der Waals surface area contributed by atoms with Gasteiger partial charge >= 0.3 is 5.97 Å². The highest BCUT2D eigenvalue weighted by molar-refractivity contribution is 7.99. The highest BCUT2D eigenvalue weighted by Gasteiger charge is 2.13. The maximum atomic E-state index is 10.7. The summed E-state index contributed by atoms with van der Waals surface area (Å²) in [6, 6.07) is 0. The van der Waals surface area contributed by atoms with Crippen LogP contribution in [0.4, 0.5) is 0 Å². The number of ether oxygens (including phenoxy) is 1. The molecule has 0 rings (SSSR count). The van der Waals surface area contributed by atoms with E-state index in [-0.39, 0.29) is 36.0 Å². The Balaban J connectivity index is -0.000000320. The molecule has 0 bridgehead atoms. The van der Waals surface area contributed by atoms with Crippen LogP contribution in [0, 0.1) is 0 Å². The second-order valence-corrected chi connectivity index (χ2v) is 2.70. The Bertz CT molecular complexity index is 96.6. The quantitative estimate of drug-likeness (QED) is 0.683. The van der Waals surface area contributed by atoms with Crippen LogP contribution in [0.5, 0.6) is 0 Å². The van der Waals surface area contributed by atoms with Crippen molar-refractivity contribution >= 4 is 42.5 Å². The minimum atomic E-state index is -0.120. The summed E-state index contributed by atoms with van der Waals surface area (Å²) in [4.78, 5) is 10.7. The molecule has 0 N–H and O–H groups in total. The van der Waals surface area contributed by atoms with Crippen LogP contribution in [-0.4, -0.2) is 24.6 Å². The van der Waals surface area contributed by atoms with E-state index in [4.69, 9.17) is 0 Å². The molecule has 5 heteroatoms. The van der Waals surface area contributed by atoms with E-state index in [0.717, 1.165) is 6.42 Å². The van der Waals surface area contributed by atoms with Crippen molar-refractivity contribution in [3.63, 3.8) is 0 Å². The summed E-state index contributed by atoms with van der Waals surface area (Å²) in [7, 11) is 1.42. The predicted octanol–water partition coefficient (Wildman–Crippen LogP) is 2.14. The lowest BCUT2D eigenvalue weighted by molar-refractivity contribution is -0.139. The zero-order valence-corrected chi connectivity index (χ0v) is 9.28. The van der Waals surface area contributed by atoms with Gasteiger partial charge in [-0.15, -0.1) is 24.8 Å². The molecular weight excluding hydrogens is 207 g/mol. The molecule has 1 unspecified atom stereocenters. The molecule has 70 valence electrons. The minimum absolute atomic E-state index is 0. The molecule has 0 aliphatic rings. The Morgan fingerprint density at radius 2 is 2.00 bits per heavy atom. The maximum absolute atomic E-state index is 10.7. The normalized spacial score (nSPS) is 10.5. The molecule has 0 saturated carbocycles. The molecule has 0 aliphatic heterocycles. The van der Waals surface area contributed by atoms with Gasteiger partial charge in [-0.1, -0.05) is 6.92 Å². The van der Waals surface area contributed by atoms with Crippen LogP contribution in [-0.2, 0) is 9.53 Å². The molecule has 11 heavy (non-hydrogen) atoms. The van der Waals surface area contributed by atoms with Gasteiger partial charge in [0.1, 0.15) is 5.25 Å². The van der Waals surface area contributed by atoms with Gasteiger partial charge in [0.05, 0.1) is 7.11 Å². The van der Waals surface area contributed by atoms with E-state index in [0.29, 0.717) is 0 Å². The van der Waals surface area contributed by atoms with Crippen LogP contribution < -0.4 is 0 Å². The Morgan fingerprint density at radius 3 is 2.09 bits per heavy atom. The molecule has 0 aromatic carbocycles. The minimum Gasteiger partial charge on any atom is -0.468 e. The lowest BCUT2D eigenvalue weighted by Gasteiger charge is -2.07. The standard InChI is InChI=1S/C6H12O2S.2ClH/c1-4-5(9-3)6(7)8-2;;/h5H,4H2,1-3H3;2*1H. The molecule has 0 amide bonds. The summed E-state index contributed by atoms with van der Waals surface area (Å²) in [5.74, 6) is -0.120. The van der Waals surface area contributed by atoms with Gasteiger partial charge in [0.15, 0.2) is 0 Å². The SMILES string of the molecule is CCC(SC)C(=O)OC.Cl.Cl. The van der Waals surface area contributed by atoms with Crippen molar-refractivity contribution in [3.8, 4) is 0 Å². The van der Waals surface area contributed by atoms with Gasteiger partial charge in [-0.2, -0.15) is 11.8 Å². The topological polar surface area (TPSA) is 26.3 Å². The maximum Gasteiger partial charge on any atom is 0.318 e. The van der Waals surface area contributed by atoms with Crippen molar-refractivity contribution in [2.75, 3.05) is 13.4 Å². The molecule has 0 aliphatic carbocycles. The number of carbonyl (C=O) groups excluding carboxylic acids is 1. The van der Waals surface area contributed by atoms with E-state index in [9.17, 15) is 4.79 Å². The summed E-state index contributed by atoms with van der Waals surface area (Å²) in [5, 5.41) is 0.0231. The largest absolute Gasteiger partial charge is 0.468 e. The van der Waals surface area contributed by atoms with Crippen molar-refractivity contribution < 1.29 is 9.53 Å². The van der Waals surface area contributed by atoms with E-state index in [1.54, 1.807) is 0 Å². The van der Waals surface area contributed by atoms with Crippen LogP contribution in [0.2, 0.25) is 0 Å². The first-order chi connectivity index (χ1) is 4.26. The summed E-state index contributed by atoms with van der Waals surface area (Å²) in [5.41, 5.74) is 0. The molecule has 1 atom stereocenters. The summed E-state index contributed by atoms with van der Waals surface area (Å²) in [6.07, 6.45) is 2.75. The Labute approximate surface area is 84.3 Å². The molecular formula is C6H14Cl2O2S. The fraction of sp³-hybridized carbons (Fsp3) is 0.833. The third-order valence-corrected chi connectivity index (χ3v) is 2.21.